The molecule has 1 saturated heterocycles. The first-order valence-corrected chi connectivity index (χ1v) is 13.6. The molecule has 9 heteroatoms. The molecule has 0 spiro atoms. The van der Waals surface area contributed by atoms with Crippen LogP contribution in [0.5, 0.6) is 11.5 Å². The van der Waals surface area contributed by atoms with Crippen LogP contribution in [0.1, 0.15) is 50.8 Å². The lowest BCUT2D eigenvalue weighted by atomic mass is 9.96. The number of benzene rings is 2. The second kappa shape index (κ2) is 11.9. The van der Waals surface area contributed by atoms with Gasteiger partial charge in [0.05, 0.1) is 25.0 Å². The fourth-order valence-corrected chi connectivity index (χ4v) is 5.84. The van der Waals surface area contributed by atoms with Crippen molar-refractivity contribution >= 4 is 27.5 Å². The normalized spacial score (nSPS) is 16.1. The van der Waals surface area contributed by atoms with Gasteiger partial charge in [0.15, 0.2) is 11.5 Å². The fourth-order valence-electron chi connectivity index (χ4n) is 4.08. The molecule has 7 nitrogen and oxygen atoms in total. The summed E-state index contributed by atoms with van der Waals surface area (Å²) < 4.78 is 38.4. The smallest absolute Gasteiger partial charge is 0.223 e. The van der Waals surface area contributed by atoms with Crippen molar-refractivity contribution in [1.29, 1.82) is 0 Å². The molecule has 0 bridgehead atoms. The minimum Gasteiger partial charge on any atom is -0.490 e. The highest BCUT2D eigenvalue weighted by molar-refractivity contribution is 7.88. The number of hydrogen-bond donors (Lipinski definition) is 1. The maximum atomic E-state index is 12.9. The van der Waals surface area contributed by atoms with Gasteiger partial charge in [-0.05, 0) is 69.0 Å². The van der Waals surface area contributed by atoms with Crippen molar-refractivity contribution in [3.63, 3.8) is 0 Å². The maximum absolute atomic E-state index is 12.9. The van der Waals surface area contributed by atoms with Crippen LogP contribution in [0.4, 0.5) is 0 Å². The van der Waals surface area contributed by atoms with Gasteiger partial charge >= 0.3 is 0 Å². The standard InChI is InChI=1S/C25H33ClN2O5S/c1-4-32-23-10-9-21(16-24(23)33-5-2)18(3)27-25(29)20-11-13-28(14-12-20)34(30,31)17-19-7-6-8-22(26)15-19/h6-10,15-16,18,20H,4-5,11-14,17H2,1-3H3,(H,27,29)/t18-/m0/s1. The summed E-state index contributed by atoms with van der Waals surface area (Å²) in [6.45, 7) is 7.46. The SMILES string of the molecule is CCOc1ccc([C@H](C)NC(=O)C2CCN(S(=O)(=O)Cc3cccc(Cl)c3)CC2)cc1OCC. The predicted octanol–water partition coefficient (Wildman–Crippen LogP) is 4.56. The van der Waals surface area contributed by atoms with Gasteiger partial charge in [-0.1, -0.05) is 29.8 Å². The summed E-state index contributed by atoms with van der Waals surface area (Å²) in [6.07, 6.45) is 0.974. The number of hydrogen-bond acceptors (Lipinski definition) is 5. The van der Waals surface area contributed by atoms with E-state index in [4.69, 9.17) is 21.1 Å². The van der Waals surface area contributed by atoms with Crippen LogP contribution in [0, 0.1) is 5.92 Å². The molecule has 2 aromatic carbocycles. The molecular weight excluding hydrogens is 476 g/mol. The number of nitrogens with zero attached hydrogens (tertiary/aromatic N) is 1. The summed E-state index contributed by atoms with van der Waals surface area (Å²) in [5, 5.41) is 3.58. The van der Waals surface area contributed by atoms with Crippen LogP contribution in [0.15, 0.2) is 42.5 Å². The zero-order valence-corrected chi connectivity index (χ0v) is 21.5. The Labute approximate surface area is 207 Å². The molecule has 1 aliphatic heterocycles. The van der Waals surface area contributed by atoms with Gasteiger partial charge in [0, 0.05) is 24.0 Å². The van der Waals surface area contributed by atoms with E-state index in [0.717, 1.165) is 5.56 Å². The Bertz CT molecular complexity index is 1080. The molecule has 186 valence electrons. The number of halogens is 1. The second-order valence-electron chi connectivity index (χ2n) is 8.36. The van der Waals surface area contributed by atoms with Crippen LogP contribution in [0.3, 0.4) is 0 Å². The van der Waals surface area contributed by atoms with E-state index in [9.17, 15) is 13.2 Å². The van der Waals surface area contributed by atoms with Gasteiger partial charge in [-0.3, -0.25) is 4.79 Å². The lowest BCUT2D eigenvalue weighted by molar-refractivity contribution is -0.126. The molecule has 0 unspecified atom stereocenters. The molecule has 1 N–H and O–H groups in total. The van der Waals surface area contributed by atoms with Crippen molar-refractivity contribution in [2.24, 2.45) is 5.92 Å². The summed E-state index contributed by atoms with van der Waals surface area (Å²) in [4.78, 5) is 12.9. The van der Waals surface area contributed by atoms with E-state index in [-0.39, 0.29) is 23.6 Å². The van der Waals surface area contributed by atoms with Gasteiger partial charge in [-0.15, -0.1) is 0 Å². The average molecular weight is 509 g/mol. The van der Waals surface area contributed by atoms with E-state index < -0.39 is 10.0 Å². The summed E-state index contributed by atoms with van der Waals surface area (Å²) in [5.74, 6) is 0.945. The largest absolute Gasteiger partial charge is 0.490 e. The van der Waals surface area contributed by atoms with Crippen LogP contribution in [0.2, 0.25) is 5.02 Å². The van der Waals surface area contributed by atoms with Gasteiger partial charge in [0.1, 0.15) is 0 Å². The van der Waals surface area contributed by atoms with Crippen molar-refractivity contribution in [3.05, 3.63) is 58.6 Å². The summed E-state index contributed by atoms with van der Waals surface area (Å²) in [6, 6.07) is 12.3. The minimum absolute atomic E-state index is 0.0637. The molecule has 3 rings (SSSR count). The van der Waals surface area contributed by atoms with Gasteiger partial charge in [-0.25, -0.2) is 12.7 Å². The Kier molecular flexibility index (Phi) is 9.22. The lowest BCUT2D eigenvalue weighted by Gasteiger charge is -2.31. The molecule has 0 aromatic heterocycles. The molecule has 0 aliphatic carbocycles. The first-order valence-electron chi connectivity index (χ1n) is 11.7. The third-order valence-corrected chi connectivity index (χ3v) is 7.97. The molecular formula is C25H33ClN2O5S. The molecule has 1 fully saturated rings. The van der Waals surface area contributed by atoms with E-state index in [1.54, 1.807) is 24.3 Å². The highest BCUT2D eigenvalue weighted by Gasteiger charge is 2.31. The minimum atomic E-state index is -3.47. The van der Waals surface area contributed by atoms with Crippen LogP contribution in [-0.2, 0) is 20.6 Å². The number of piperidine rings is 1. The summed E-state index contributed by atoms with van der Waals surface area (Å²) in [5.41, 5.74) is 1.57. The van der Waals surface area contributed by atoms with Crippen LogP contribution >= 0.6 is 11.6 Å². The molecule has 0 radical (unpaired) electrons. The van der Waals surface area contributed by atoms with E-state index >= 15 is 0 Å². The zero-order valence-electron chi connectivity index (χ0n) is 19.9. The number of ether oxygens (including phenoxy) is 2. The third-order valence-electron chi connectivity index (χ3n) is 5.88. The Morgan fingerprint density at radius 1 is 1.09 bits per heavy atom. The van der Waals surface area contributed by atoms with E-state index in [0.29, 0.717) is 61.2 Å². The van der Waals surface area contributed by atoms with Crippen molar-refractivity contribution in [2.45, 2.75) is 45.4 Å². The molecule has 1 amide bonds. The second-order valence-corrected chi connectivity index (χ2v) is 10.8. The number of sulfonamides is 1. The number of nitrogens with one attached hydrogen (secondary N) is 1. The highest BCUT2D eigenvalue weighted by atomic mass is 35.5. The van der Waals surface area contributed by atoms with Gasteiger partial charge in [-0.2, -0.15) is 0 Å². The van der Waals surface area contributed by atoms with Crippen molar-refractivity contribution in [2.75, 3.05) is 26.3 Å². The van der Waals surface area contributed by atoms with E-state index in [1.807, 2.05) is 39.0 Å². The Morgan fingerprint density at radius 3 is 2.41 bits per heavy atom. The summed E-state index contributed by atoms with van der Waals surface area (Å²) in [7, 11) is -3.47. The first kappa shape index (κ1) is 26.3. The lowest BCUT2D eigenvalue weighted by Crippen LogP contribution is -2.43. The van der Waals surface area contributed by atoms with Crippen LogP contribution in [-0.4, -0.2) is 44.9 Å². The molecule has 1 aliphatic rings. The molecule has 1 heterocycles. The van der Waals surface area contributed by atoms with Crippen molar-refractivity contribution < 1.29 is 22.7 Å². The third kappa shape index (κ3) is 6.87. The van der Waals surface area contributed by atoms with Gasteiger partial charge in [0.2, 0.25) is 15.9 Å². The Morgan fingerprint density at radius 2 is 1.76 bits per heavy atom. The molecule has 1 atom stereocenters. The zero-order chi connectivity index (χ0) is 24.7. The number of rotatable bonds is 10. The predicted molar refractivity (Wildman–Crippen MR) is 134 cm³/mol. The quantitative estimate of drug-likeness (QED) is 0.508. The highest BCUT2D eigenvalue weighted by Crippen LogP contribution is 2.31. The van der Waals surface area contributed by atoms with Crippen molar-refractivity contribution in [1.82, 2.24) is 9.62 Å². The average Bonchev–Trinajstić information content (AvgIpc) is 2.80. The monoisotopic (exact) mass is 508 g/mol. The Hall–Kier alpha value is -2.29. The van der Waals surface area contributed by atoms with Crippen LogP contribution in [0.25, 0.3) is 0 Å². The van der Waals surface area contributed by atoms with Gasteiger partial charge in [0.25, 0.3) is 0 Å². The van der Waals surface area contributed by atoms with E-state index in [1.165, 1.54) is 4.31 Å². The molecule has 2 aromatic rings. The first-order chi connectivity index (χ1) is 16.2. The number of carbonyl (C=O) groups is 1. The topological polar surface area (TPSA) is 84.9 Å². The summed E-state index contributed by atoms with van der Waals surface area (Å²) >= 11 is 5.98. The van der Waals surface area contributed by atoms with Gasteiger partial charge < -0.3 is 14.8 Å². The van der Waals surface area contributed by atoms with Crippen LogP contribution < -0.4 is 14.8 Å². The number of amides is 1. The molecule has 0 saturated carbocycles. The molecule has 34 heavy (non-hydrogen) atoms. The fraction of sp³-hybridized carbons (Fsp3) is 0.480. The number of carbonyl (C=O) groups excluding carboxylic acids is 1. The maximum Gasteiger partial charge on any atom is 0.223 e. The Balaban J connectivity index is 1.56. The van der Waals surface area contributed by atoms with Crippen molar-refractivity contribution in [3.8, 4) is 11.5 Å². The van der Waals surface area contributed by atoms with E-state index in [2.05, 4.69) is 5.32 Å².